The number of aliphatic hydroxyl groups excluding tert-OH is 1. The highest BCUT2D eigenvalue weighted by Crippen LogP contribution is 2.25. The zero-order chi connectivity index (χ0) is 18.2. The van der Waals surface area contributed by atoms with Crippen molar-refractivity contribution < 1.29 is 9.84 Å². The summed E-state index contributed by atoms with van der Waals surface area (Å²) in [6, 6.07) is 9.59. The van der Waals surface area contributed by atoms with Crippen LogP contribution in [0.4, 0.5) is 5.95 Å². The molecule has 0 radical (unpaired) electrons. The molecule has 0 aliphatic heterocycles. The van der Waals surface area contributed by atoms with Crippen molar-refractivity contribution in [2.24, 2.45) is 5.92 Å². The lowest BCUT2D eigenvalue weighted by Crippen LogP contribution is -2.26. The molecule has 136 valence electrons. The second-order valence-corrected chi connectivity index (χ2v) is 7.53. The van der Waals surface area contributed by atoms with Crippen molar-refractivity contribution in [3.63, 3.8) is 0 Å². The Bertz CT molecular complexity index is 668. The van der Waals surface area contributed by atoms with E-state index in [2.05, 4.69) is 29.1 Å². The largest absolute Gasteiger partial charge is 0.497 e. The van der Waals surface area contributed by atoms with Crippen LogP contribution >= 0.6 is 23.4 Å². The third-order valence-corrected chi connectivity index (χ3v) is 4.70. The van der Waals surface area contributed by atoms with Crippen LogP contribution in [0.1, 0.15) is 25.8 Å². The topological polar surface area (TPSA) is 67.3 Å². The molecule has 1 aromatic carbocycles. The number of ether oxygens (including phenoxy) is 1. The maximum atomic E-state index is 9.50. The molecule has 0 fully saturated rings. The fraction of sp³-hybridized carbons (Fsp3) is 0.444. The molecular weight excluding hydrogens is 358 g/mol. The maximum absolute atomic E-state index is 9.50. The normalized spacial score (nSPS) is 12.2. The Morgan fingerprint density at radius 1 is 1.24 bits per heavy atom. The van der Waals surface area contributed by atoms with Crippen LogP contribution in [0.2, 0.25) is 5.15 Å². The molecule has 1 aromatic heterocycles. The van der Waals surface area contributed by atoms with Crippen LogP contribution in [-0.4, -0.2) is 34.8 Å². The van der Waals surface area contributed by atoms with Gasteiger partial charge in [0.25, 0.3) is 0 Å². The lowest BCUT2D eigenvalue weighted by molar-refractivity contribution is 0.259. The van der Waals surface area contributed by atoms with Crippen molar-refractivity contribution in [1.82, 2.24) is 9.97 Å². The minimum atomic E-state index is -0.0853. The van der Waals surface area contributed by atoms with Crippen LogP contribution in [-0.2, 0) is 5.75 Å². The summed E-state index contributed by atoms with van der Waals surface area (Å²) in [6.45, 7) is 4.25. The van der Waals surface area contributed by atoms with E-state index in [1.165, 1.54) is 5.56 Å². The van der Waals surface area contributed by atoms with Crippen LogP contribution < -0.4 is 10.1 Å². The van der Waals surface area contributed by atoms with E-state index in [1.807, 2.05) is 24.3 Å². The van der Waals surface area contributed by atoms with Gasteiger partial charge >= 0.3 is 0 Å². The lowest BCUT2D eigenvalue weighted by Gasteiger charge is -2.18. The molecule has 0 saturated carbocycles. The first kappa shape index (κ1) is 19.8. The molecular formula is C18H24ClN3O2S. The summed E-state index contributed by atoms with van der Waals surface area (Å²) in [6.07, 6.45) is 0.834. The van der Waals surface area contributed by atoms with E-state index < -0.39 is 0 Å². The summed E-state index contributed by atoms with van der Waals surface area (Å²) in [4.78, 5) is 8.71. The standard InChI is InChI=1S/C18H24ClN3O2S/c1-12(2)8-14(10-23)20-18-21-16(19)9-17(22-18)25-11-13-4-6-15(24-3)7-5-13/h4-7,9,12,14,23H,8,10-11H2,1-3H3,(H,20,21,22)/t14-/m1/s1. The maximum Gasteiger partial charge on any atom is 0.225 e. The van der Waals surface area contributed by atoms with Gasteiger partial charge in [0, 0.05) is 11.8 Å². The lowest BCUT2D eigenvalue weighted by atomic mass is 10.0. The Hall–Kier alpha value is -1.50. The number of thioether (sulfide) groups is 1. The van der Waals surface area contributed by atoms with Gasteiger partial charge in [-0.2, -0.15) is 0 Å². The first-order valence-corrected chi connectivity index (χ1v) is 9.54. The van der Waals surface area contributed by atoms with E-state index in [1.54, 1.807) is 24.9 Å². The van der Waals surface area contributed by atoms with Crippen molar-refractivity contribution in [2.75, 3.05) is 19.0 Å². The fourth-order valence-electron chi connectivity index (χ4n) is 2.35. The van der Waals surface area contributed by atoms with Crippen LogP contribution in [0.25, 0.3) is 0 Å². The first-order chi connectivity index (χ1) is 12.0. The van der Waals surface area contributed by atoms with Crippen LogP contribution in [0, 0.1) is 5.92 Å². The second kappa shape index (κ2) is 9.85. The Kier molecular flexibility index (Phi) is 7.81. The van der Waals surface area contributed by atoms with E-state index in [0.717, 1.165) is 22.9 Å². The molecule has 1 heterocycles. The predicted octanol–water partition coefficient (Wildman–Crippen LogP) is 4.25. The van der Waals surface area contributed by atoms with Crippen molar-refractivity contribution in [3.8, 4) is 5.75 Å². The number of rotatable bonds is 9. The first-order valence-electron chi connectivity index (χ1n) is 8.18. The van der Waals surface area contributed by atoms with E-state index >= 15 is 0 Å². The highest BCUT2D eigenvalue weighted by Gasteiger charge is 2.12. The van der Waals surface area contributed by atoms with Crippen molar-refractivity contribution >= 4 is 29.3 Å². The van der Waals surface area contributed by atoms with Gasteiger partial charge in [0.15, 0.2) is 0 Å². The van der Waals surface area contributed by atoms with E-state index in [0.29, 0.717) is 17.0 Å². The van der Waals surface area contributed by atoms with Gasteiger partial charge in [-0.15, -0.1) is 11.8 Å². The van der Waals surface area contributed by atoms with Gasteiger partial charge in [0.2, 0.25) is 5.95 Å². The van der Waals surface area contributed by atoms with Gasteiger partial charge in [-0.05, 0) is 30.0 Å². The van der Waals surface area contributed by atoms with Crippen molar-refractivity contribution in [2.45, 2.75) is 37.1 Å². The third-order valence-electron chi connectivity index (χ3n) is 3.53. The summed E-state index contributed by atoms with van der Waals surface area (Å²) in [5.74, 6) is 2.52. The van der Waals surface area contributed by atoms with E-state index in [9.17, 15) is 5.11 Å². The molecule has 2 aromatic rings. The average Bonchev–Trinajstić information content (AvgIpc) is 2.59. The number of nitrogens with one attached hydrogen (secondary N) is 1. The zero-order valence-corrected chi connectivity index (χ0v) is 16.3. The number of benzene rings is 1. The molecule has 0 amide bonds. The quantitative estimate of drug-likeness (QED) is 0.500. The molecule has 1 atom stereocenters. The molecule has 7 heteroatoms. The summed E-state index contributed by atoms with van der Waals surface area (Å²) in [5.41, 5.74) is 1.17. The monoisotopic (exact) mass is 381 g/mol. The van der Waals surface area contributed by atoms with Crippen molar-refractivity contribution in [3.05, 3.63) is 41.0 Å². The highest BCUT2D eigenvalue weighted by molar-refractivity contribution is 7.98. The van der Waals surface area contributed by atoms with Crippen molar-refractivity contribution in [1.29, 1.82) is 0 Å². The molecule has 0 aliphatic rings. The second-order valence-electron chi connectivity index (χ2n) is 6.14. The Labute approximate surface area is 158 Å². The zero-order valence-electron chi connectivity index (χ0n) is 14.7. The number of aliphatic hydroxyl groups is 1. The number of methoxy groups -OCH3 is 1. The van der Waals surface area contributed by atoms with Crippen LogP contribution in [0.5, 0.6) is 5.75 Å². The molecule has 25 heavy (non-hydrogen) atoms. The summed E-state index contributed by atoms with van der Waals surface area (Å²) >= 11 is 7.71. The number of halogens is 1. The number of hydrogen-bond acceptors (Lipinski definition) is 6. The molecule has 0 aliphatic carbocycles. The summed E-state index contributed by atoms with van der Waals surface area (Å²) in [7, 11) is 1.65. The number of anilines is 1. The van der Waals surface area contributed by atoms with Gasteiger partial charge in [0.05, 0.1) is 19.8 Å². The Morgan fingerprint density at radius 2 is 1.96 bits per heavy atom. The van der Waals surface area contributed by atoms with Crippen LogP contribution in [0.15, 0.2) is 35.4 Å². The van der Waals surface area contributed by atoms with Crippen LogP contribution in [0.3, 0.4) is 0 Å². The Morgan fingerprint density at radius 3 is 2.56 bits per heavy atom. The summed E-state index contributed by atoms with van der Waals surface area (Å²) in [5, 5.41) is 13.8. The van der Waals surface area contributed by atoms with Gasteiger partial charge in [0.1, 0.15) is 15.9 Å². The van der Waals surface area contributed by atoms with E-state index in [-0.39, 0.29) is 12.6 Å². The van der Waals surface area contributed by atoms with Gasteiger partial charge in [-0.3, -0.25) is 0 Å². The molecule has 5 nitrogen and oxygen atoms in total. The van der Waals surface area contributed by atoms with E-state index in [4.69, 9.17) is 16.3 Å². The molecule has 2 rings (SSSR count). The minimum absolute atomic E-state index is 0.0301. The number of aromatic nitrogens is 2. The van der Waals surface area contributed by atoms with Gasteiger partial charge in [-0.1, -0.05) is 37.6 Å². The molecule has 0 saturated heterocycles. The molecule has 0 spiro atoms. The van der Waals surface area contributed by atoms with Gasteiger partial charge in [-0.25, -0.2) is 9.97 Å². The fourth-order valence-corrected chi connectivity index (χ4v) is 3.45. The molecule has 2 N–H and O–H groups in total. The average molecular weight is 382 g/mol. The predicted molar refractivity (Wildman–Crippen MR) is 104 cm³/mol. The molecule has 0 bridgehead atoms. The minimum Gasteiger partial charge on any atom is -0.497 e. The SMILES string of the molecule is COc1ccc(CSc2cc(Cl)nc(N[C@@H](CO)CC(C)C)n2)cc1. The summed E-state index contributed by atoms with van der Waals surface area (Å²) < 4.78 is 5.16. The smallest absolute Gasteiger partial charge is 0.225 e. The number of nitrogens with zero attached hydrogens (tertiary/aromatic N) is 2. The number of hydrogen-bond donors (Lipinski definition) is 2. The Balaban J connectivity index is 2.02. The third kappa shape index (κ3) is 6.72. The van der Waals surface area contributed by atoms with Gasteiger partial charge < -0.3 is 15.2 Å². The molecule has 0 unspecified atom stereocenters. The highest BCUT2D eigenvalue weighted by atomic mass is 35.5.